The zero-order valence-electron chi connectivity index (χ0n) is 26.7. The van der Waals surface area contributed by atoms with Gasteiger partial charge in [-0.25, -0.2) is 0 Å². The summed E-state index contributed by atoms with van der Waals surface area (Å²) >= 11 is 0. The summed E-state index contributed by atoms with van der Waals surface area (Å²) in [7, 11) is 0.314. The Kier molecular flexibility index (Phi) is 12.4. The summed E-state index contributed by atoms with van der Waals surface area (Å²) in [5.41, 5.74) is 7.48. The van der Waals surface area contributed by atoms with Crippen LogP contribution >= 0.6 is 31.7 Å². The summed E-state index contributed by atoms with van der Waals surface area (Å²) in [6, 6.07) is 19.1. The van der Waals surface area contributed by atoms with Crippen molar-refractivity contribution in [1.29, 1.82) is 0 Å². The molecule has 228 valence electrons. The van der Waals surface area contributed by atoms with Crippen molar-refractivity contribution < 1.29 is 0 Å². The van der Waals surface area contributed by atoms with Crippen LogP contribution in [0.1, 0.15) is 114 Å². The average Bonchev–Trinajstić information content (AvgIpc) is 3.66. The van der Waals surface area contributed by atoms with E-state index in [1.165, 1.54) is 51.4 Å². The van der Waals surface area contributed by atoms with Gasteiger partial charge in [-0.05, 0) is 118 Å². The van der Waals surface area contributed by atoms with Gasteiger partial charge in [0.2, 0.25) is 0 Å². The van der Waals surface area contributed by atoms with E-state index < -0.39 is 0 Å². The van der Waals surface area contributed by atoms with Crippen LogP contribution < -0.4 is 21.2 Å². The maximum Gasteiger partial charge on any atom is -0.0158 e. The standard InChI is InChI=1S/2C18H28P2.CH4/c2*1-13-9-10-14(2)19(13)17-7-5-6-8-18(17)20-15(3)11-12-16(20)4;/h2*5-8,13-16H,9-12H2,1-4H3;1H4/t2*13-,14-,15-,16-;/m10./s1. The third-order valence-electron chi connectivity index (χ3n) is 10.7. The molecule has 6 rings (SSSR count). The highest BCUT2D eigenvalue weighted by Crippen LogP contribution is 2.60. The van der Waals surface area contributed by atoms with Crippen molar-refractivity contribution in [3.63, 3.8) is 0 Å². The predicted octanol–water partition coefficient (Wildman–Crippen LogP) is 10.7. The maximum absolute atomic E-state index is 2.50. The van der Waals surface area contributed by atoms with Gasteiger partial charge in [-0.1, -0.05) is 143 Å². The van der Waals surface area contributed by atoms with Crippen molar-refractivity contribution in [2.24, 2.45) is 0 Å². The first-order valence-electron chi connectivity index (χ1n) is 16.5. The molecule has 0 nitrogen and oxygen atoms in total. The Labute approximate surface area is 260 Å². The van der Waals surface area contributed by atoms with E-state index in [1.807, 2.05) is 0 Å². The third-order valence-corrected chi connectivity index (χ3v) is 24.5. The van der Waals surface area contributed by atoms with E-state index in [1.54, 1.807) is 21.2 Å². The van der Waals surface area contributed by atoms with Crippen LogP contribution in [0.3, 0.4) is 0 Å². The molecule has 0 spiro atoms. The monoisotopic (exact) mass is 628 g/mol. The van der Waals surface area contributed by atoms with Gasteiger partial charge >= 0.3 is 0 Å². The zero-order chi connectivity index (χ0) is 28.6. The van der Waals surface area contributed by atoms with Crippen LogP contribution in [0.2, 0.25) is 0 Å². The molecule has 41 heavy (non-hydrogen) atoms. The first kappa shape index (κ1) is 34.0. The smallest absolute Gasteiger partial charge is 0.0158 e. The van der Waals surface area contributed by atoms with Gasteiger partial charge in [-0.2, -0.15) is 0 Å². The van der Waals surface area contributed by atoms with Crippen LogP contribution in [-0.4, -0.2) is 45.3 Å². The maximum atomic E-state index is 2.50. The summed E-state index contributed by atoms with van der Waals surface area (Å²) in [4.78, 5) is 0. The van der Waals surface area contributed by atoms with E-state index in [9.17, 15) is 0 Å². The molecule has 2 aromatic carbocycles. The highest BCUT2D eigenvalue weighted by atomic mass is 31.1. The van der Waals surface area contributed by atoms with Gasteiger partial charge in [0.1, 0.15) is 0 Å². The Hall–Kier alpha value is 0.160. The van der Waals surface area contributed by atoms with Crippen LogP contribution in [0, 0.1) is 0 Å². The van der Waals surface area contributed by atoms with Crippen molar-refractivity contribution in [1.82, 2.24) is 0 Å². The lowest BCUT2D eigenvalue weighted by molar-refractivity contribution is 0.777. The van der Waals surface area contributed by atoms with Gasteiger partial charge in [-0.3, -0.25) is 0 Å². The largest absolute Gasteiger partial charge is 0.0776 e. The lowest BCUT2D eigenvalue weighted by Crippen LogP contribution is -2.28. The lowest BCUT2D eigenvalue weighted by atomic mass is 10.2. The van der Waals surface area contributed by atoms with E-state index in [0.717, 1.165) is 45.3 Å². The number of rotatable bonds is 4. The lowest BCUT2D eigenvalue weighted by Gasteiger charge is -2.30. The molecular weight excluding hydrogens is 568 g/mol. The quantitative estimate of drug-likeness (QED) is 0.296. The second-order valence-corrected chi connectivity index (χ2v) is 25.9. The average molecular weight is 629 g/mol. The minimum atomic E-state index is 0. The van der Waals surface area contributed by atoms with Crippen molar-refractivity contribution in [2.75, 3.05) is 0 Å². The first-order chi connectivity index (χ1) is 19.2. The van der Waals surface area contributed by atoms with Gasteiger partial charge in [-0.15, -0.1) is 0 Å². The normalized spacial score (nSPS) is 34.9. The summed E-state index contributed by atoms with van der Waals surface area (Å²) < 4.78 is 0. The van der Waals surface area contributed by atoms with Crippen LogP contribution in [-0.2, 0) is 0 Å². The SMILES string of the molecule is C.C[C@@H]1CC[C@@H](C)P1c1ccccc1P1[C@H](C)CC[C@H]1C.C[C@H]1CC[C@H](C)P1c1ccccc1P1[C@@H](C)CC[C@@H]1C. The molecule has 4 heteroatoms. The van der Waals surface area contributed by atoms with Crippen molar-refractivity contribution in [3.8, 4) is 0 Å². The molecule has 0 aromatic heterocycles. The van der Waals surface area contributed by atoms with Crippen LogP contribution in [0.5, 0.6) is 0 Å². The highest BCUT2D eigenvalue weighted by molar-refractivity contribution is 7.74. The molecular formula is C37H60P4. The fourth-order valence-electron chi connectivity index (χ4n) is 8.48. The third kappa shape index (κ3) is 7.19. The minimum Gasteiger partial charge on any atom is -0.0776 e. The summed E-state index contributed by atoms with van der Waals surface area (Å²) in [5.74, 6) is 0. The second-order valence-electron chi connectivity index (χ2n) is 13.7. The molecule has 0 bridgehead atoms. The molecule has 4 heterocycles. The van der Waals surface area contributed by atoms with Crippen molar-refractivity contribution >= 4 is 52.9 Å². The molecule has 4 fully saturated rings. The molecule has 4 aliphatic heterocycles. The predicted molar refractivity (Wildman–Crippen MR) is 198 cm³/mol. The Bertz CT molecular complexity index is 902. The van der Waals surface area contributed by atoms with Gasteiger partial charge < -0.3 is 0 Å². The molecule has 4 saturated heterocycles. The molecule has 0 radical (unpaired) electrons. The molecule has 8 atom stereocenters. The molecule has 0 N–H and O–H groups in total. The molecule has 0 unspecified atom stereocenters. The van der Waals surface area contributed by atoms with Crippen molar-refractivity contribution in [3.05, 3.63) is 48.5 Å². The molecule has 0 aliphatic carbocycles. The fourth-order valence-corrected chi connectivity index (χ4v) is 22.9. The number of benzene rings is 2. The summed E-state index contributed by atoms with van der Waals surface area (Å²) in [6.07, 6.45) is 11.6. The van der Waals surface area contributed by atoms with E-state index in [4.69, 9.17) is 0 Å². The zero-order valence-corrected chi connectivity index (χ0v) is 30.3. The van der Waals surface area contributed by atoms with Crippen LogP contribution in [0.25, 0.3) is 0 Å². The van der Waals surface area contributed by atoms with Gasteiger partial charge in [0.15, 0.2) is 0 Å². The first-order valence-corrected chi connectivity index (χ1v) is 22.4. The Morgan fingerprint density at radius 1 is 0.341 bits per heavy atom. The Morgan fingerprint density at radius 2 is 0.488 bits per heavy atom. The molecule has 4 aliphatic rings. The molecule has 0 saturated carbocycles. The van der Waals surface area contributed by atoms with E-state index >= 15 is 0 Å². The van der Waals surface area contributed by atoms with Crippen LogP contribution in [0.4, 0.5) is 0 Å². The van der Waals surface area contributed by atoms with E-state index in [-0.39, 0.29) is 39.1 Å². The topological polar surface area (TPSA) is 0 Å². The molecule has 2 aromatic rings. The fraction of sp³-hybridized carbons (Fsp3) is 0.676. The molecule has 0 amide bonds. The number of hydrogen-bond donors (Lipinski definition) is 0. The minimum absolute atomic E-state index is 0. The Balaban J connectivity index is 0.000000184. The van der Waals surface area contributed by atoms with E-state index in [0.29, 0.717) is 0 Å². The Morgan fingerprint density at radius 3 is 0.634 bits per heavy atom. The second kappa shape index (κ2) is 15.0. The van der Waals surface area contributed by atoms with Crippen LogP contribution in [0.15, 0.2) is 48.5 Å². The highest BCUT2D eigenvalue weighted by Gasteiger charge is 2.39. The number of hydrogen-bond acceptors (Lipinski definition) is 0. The summed E-state index contributed by atoms with van der Waals surface area (Å²) in [5, 5.41) is 7.14. The van der Waals surface area contributed by atoms with Crippen molar-refractivity contribution in [2.45, 2.75) is 159 Å². The van der Waals surface area contributed by atoms with Gasteiger partial charge in [0.25, 0.3) is 0 Å². The summed E-state index contributed by atoms with van der Waals surface area (Å²) in [6.45, 7) is 20.0. The van der Waals surface area contributed by atoms with Gasteiger partial charge in [0, 0.05) is 0 Å². The van der Waals surface area contributed by atoms with E-state index in [2.05, 4.69) is 104 Å². The van der Waals surface area contributed by atoms with Gasteiger partial charge in [0.05, 0.1) is 0 Å².